The van der Waals surface area contributed by atoms with Crippen molar-refractivity contribution in [1.82, 2.24) is 14.9 Å². The van der Waals surface area contributed by atoms with Crippen molar-refractivity contribution in [2.45, 2.75) is 30.9 Å². The van der Waals surface area contributed by atoms with Gasteiger partial charge in [0.25, 0.3) is 0 Å². The van der Waals surface area contributed by atoms with Crippen molar-refractivity contribution in [1.29, 1.82) is 0 Å². The fourth-order valence-electron chi connectivity index (χ4n) is 2.80. The van der Waals surface area contributed by atoms with E-state index in [2.05, 4.69) is 33.7 Å². The van der Waals surface area contributed by atoms with E-state index in [1.165, 1.54) is 10.9 Å². The maximum Gasteiger partial charge on any atom is 0.199 e. The van der Waals surface area contributed by atoms with Crippen LogP contribution in [-0.2, 0) is 4.74 Å². The van der Waals surface area contributed by atoms with Gasteiger partial charge in [-0.1, -0.05) is 12.5 Å². The molecule has 9 heteroatoms. The minimum absolute atomic E-state index is 0.158. The van der Waals surface area contributed by atoms with Crippen molar-refractivity contribution in [3.63, 3.8) is 0 Å². The molecule has 0 aromatic carbocycles. The Morgan fingerprint density at radius 1 is 1.61 bits per heavy atom. The topological polar surface area (TPSA) is 144 Å². The molecule has 1 fully saturated rings. The molecule has 3 rings (SSSR count). The first kappa shape index (κ1) is 15.5. The highest BCUT2D eigenvalue weighted by Gasteiger charge is 2.54. The third-order valence-electron chi connectivity index (χ3n) is 3.89. The number of aliphatic hydroxyl groups is 2. The fraction of sp³-hybridized carbons (Fsp3) is 0.429. The number of aliphatic hydroxyl groups excluding tert-OH is 2. The number of rotatable bonds is 2. The third-order valence-corrected chi connectivity index (χ3v) is 3.89. The van der Waals surface area contributed by atoms with Crippen LogP contribution >= 0.6 is 0 Å². The van der Waals surface area contributed by atoms with E-state index in [1.807, 2.05) is 0 Å². The summed E-state index contributed by atoms with van der Waals surface area (Å²) in [5.74, 6) is 6.03. The lowest BCUT2D eigenvalue weighted by Gasteiger charge is -2.28. The van der Waals surface area contributed by atoms with Crippen LogP contribution in [0.3, 0.4) is 0 Å². The molecule has 1 aromatic rings. The zero-order valence-electron chi connectivity index (χ0n) is 12.5. The molecule has 23 heavy (non-hydrogen) atoms. The summed E-state index contributed by atoms with van der Waals surface area (Å²) in [7, 11) is 0. The molecular formula is C14H18N6O3. The second-order valence-corrected chi connectivity index (χ2v) is 5.39. The maximum atomic E-state index is 10.4. The lowest BCUT2D eigenvalue weighted by atomic mass is 9.91. The second-order valence-electron chi connectivity index (χ2n) is 5.39. The number of nitrogens with one attached hydrogen (secondary N) is 1. The Morgan fingerprint density at radius 2 is 2.35 bits per heavy atom. The van der Waals surface area contributed by atoms with Crippen LogP contribution in [0.5, 0.6) is 0 Å². The van der Waals surface area contributed by atoms with Gasteiger partial charge in [0.15, 0.2) is 23.5 Å². The molecule has 122 valence electrons. The number of aromatic nitrogens is 2. The van der Waals surface area contributed by atoms with Crippen LogP contribution < -0.4 is 16.8 Å². The Bertz CT molecular complexity index is 745. The van der Waals surface area contributed by atoms with Gasteiger partial charge >= 0.3 is 0 Å². The van der Waals surface area contributed by atoms with Gasteiger partial charge in [0.2, 0.25) is 0 Å². The van der Waals surface area contributed by atoms with E-state index in [0.717, 1.165) is 0 Å². The normalized spacial score (nSPS) is 32.6. The Hall–Kier alpha value is -2.38. The van der Waals surface area contributed by atoms with Crippen molar-refractivity contribution in [2.75, 3.05) is 6.61 Å². The summed E-state index contributed by atoms with van der Waals surface area (Å²) >= 11 is 0. The molecule has 4 atom stereocenters. The van der Waals surface area contributed by atoms with Crippen molar-refractivity contribution < 1.29 is 14.9 Å². The number of guanidine groups is 1. The predicted octanol–water partition coefficient (Wildman–Crippen LogP) is -1.63. The van der Waals surface area contributed by atoms with Gasteiger partial charge in [-0.05, 0) is 6.92 Å². The molecule has 0 amide bonds. The zero-order chi connectivity index (χ0) is 16.8. The highest BCUT2D eigenvalue weighted by atomic mass is 16.5. The van der Waals surface area contributed by atoms with Gasteiger partial charge in [0.1, 0.15) is 17.9 Å². The van der Waals surface area contributed by atoms with E-state index in [-0.39, 0.29) is 5.96 Å². The number of fused-ring (bicyclic) bond motifs is 1. The van der Waals surface area contributed by atoms with E-state index in [0.29, 0.717) is 17.2 Å². The van der Waals surface area contributed by atoms with Crippen molar-refractivity contribution in [2.24, 2.45) is 16.5 Å². The van der Waals surface area contributed by atoms with Crippen LogP contribution in [0.1, 0.15) is 18.8 Å². The van der Waals surface area contributed by atoms with Gasteiger partial charge in [0, 0.05) is 0 Å². The molecule has 0 aliphatic carbocycles. The lowest BCUT2D eigenvalue weighted by Crippen LogP contribution is -2.53. The molecule has 2 aliphatic heterocycles. The molecule has 2 aliphatic rings. The number of imidazole rings is 1. The Labute approximate surface area is 132 Å². The first-order chi connectivity index (χ1) is 10.9. The quantitative estimate of drug-likeness (QED) is 0.412. The minimum atomic E-state index is -1.42. The molecule has 3 heterocycles. The first-order valence-corrected chi connectivity index (χ1v) is 6.96. The third kappa shape index (κ3) is 2.20. The summed E-state index contributed by atoms with van der Waals surface area (Å²) in [4.78, 5) is 8.43. The van der Waals surface area contributed by atoms with E-state index >= 15 is 0 Å². The fourth-order valence-corrected chi connectivity index (χ4v) is 2.80. The number of aliphatic imine (C=N–C) groups is 1. The van der Waals surface area contributed by atoms with Crippen molar-refractivity contribution >= 4 is 17.5 Å². The van der Waals surface area contributed by atoms with Crippen molar-refractivity contribution in [3.8, 4) is 11.8 Å². The van der Waals surface area contributed by atoms with Crippen LogP contribution in [0.15, 0.2) is 17.9 Å². The number of hydrogen-bond acceptors (Lipinski definition) is 8. The highest BCUT2D eigenvalue weighted by Crippen LogP contribution is 2.40. The minimum Gasteiger partial charge on any atom is -0.394 e. The molecule has 1 saturated heterocycles. The Kier molecular flexibility index (Phi) is 3.62. The van der Waals surface area contributed by atoms with E-state index in [4.69, 9.17) is 16.2 Å². The van der Waals surface area contributed by atoms with E-state index < -0.39 is 30.6 Å². The monoisotopic (exact) mass is 318 g/mol. The SMILES string of the molecule is C=C1NC(N)=Nc2c1ncn2[C@@H]1OC(CO)C(O)[C@]1(N)C#CC. The van der Waals surface area contributed by atoms with E-state index in [9.17, 15) is 10.2 Å². The summed E-state index contributed by atoms with van der Waals surface area (Å²) in [5, 5.41) is 22.6. The Morgan fingerprint density at radius 3 is 3.00 bits per heavy atom. The summed E-state index contributed by atoms with van der Waals surface area (Å²) < 4.78 is 7.25. The van der Waals surface area contributed by atoms with Crippen LogP contribution in [0.25, 0.3) is 5.70 Å². The van der Waals surface area contributed by atoms with Crippen LogP contribution in [0, 0.1) is 11.8 Å². The Balaban J connectivity index is 2.11. The van der Waals surface area contributed by atoms with Gasteiger partial charge in [-0.15, -0.1) is 5.92 Å². The molecule has 0 bridgehead atoms. The maximum absolute atomic E-state index is 10.4. The lowest BCUT2D eigenvalue weighted by molar-refractivity contribution is -0.0453. The average molecular weight is 318 g/mol. The first-order valence-electron chi connectivity index (χ1n) is 6.96. The van der Waals surface area contributed by atoms with E-state index in [1.54, 1.807) is 6.92 Å². The highest BCUT2D eigenvalue weighted by molar-refractivity contribution is 5.93. The second kappa shape index (κ2) is 5.36. The molecule has 0 saturated carbocycles. The molecular weight excluding hydrogens is 300 g/mol. The van der Waals surface area contributed by atoms with Crippen LogP contribution in [0.4, 0.5) is 5.82 Å². The van der Waals surface area contributed by atoms with Crippen molar-refractivity contribution in [3.05, 3.63) is 18.6 Å². The molecule has 1 aromatic heterocycles. The largest absolute Gasteiger partial charge is 0.394 e. The predicted molar refractivity (Wildman–Crippen MR) is 83.1 cm³/mol. The zero-order valence-corrected chi connectivity index (χ0v) is 12.5. The number of nitrogens with two attached hydrogens (primary N) is 2. The van der Waals surface area contributed by atoms with Crippen LogP contribution in [0.2, 0.25) is 0 Å². The van der Waals surface area contributed by atoms with Gasteiger partial charge in [0.05, 0.1) is 18.6 Å². The molecule has 0 radical (unpaired) electrons. The number of hydrogen-bond donors (Lipinski definition) is 5. The van der Waals surface area contributed by atoms with Gasteiger partial charge in [-0.2, -0.15) is 4.99 Å². The molecule has 2 unspecified atom stereocenters. The summed E-state index contributed by atoms with van der Waals surface area (Å²) in [6.07, 6.45) is -1.46. The number of ether oxygens (including phenoxy) is 1. The van der Waals surface area contributed by atoms with Crippen LogP contribution in [-0.4, -0.2) is 50.1 Å². The average Bonchev–Trinajstić information content (AvgIpc) is 3.01. The molecule has 0 spiro atoms. The summed E-state index contributed by atoms with van der Waals surface area (Å²) in [6, 6.07) is 0. The summed E-state index contributed by atoms with van der Waals surface area (Å²) in [6.45, 7) is 5.04. The van der Waals surface area contributed by atoms with Gasteiger partial charge in [-0.3, -0.25) is 4.57 Å². The van der Waals surface area contributed by atoms with Gasteiger partial charge < -0.3 is 31.7 Å². The smallest absolute Gasteiger partial charge is 0.199 e. The van der Waals surface area contributed by atoms with Gasteiger partial charge in [-0.25, -0.2) is 4.98 Å². The standard InChI is InChI=1S/C14H18N6O3/c1-3-4-14(16)10(22)8(5-21)23-12(14)20-6-17-9-7(2)18-13(15)19-11(9)20/h6,8,10,12,21-22H,2,5,16H2,1H3,(H3,15,18,19)/t8?,10?,12-,14-/m1/s1. The summed E-state index contributed by atoms with van der Waals surface area (Å²) in [5.41, 5.74) is 11.6. The number of nitrogens with zero attached hydrogens (tertiary/aromatic N) is 3. The molecule has 9 nitrogen and oxygen atoms in total. The molecule has 7 N–H and O–H groups in total.